The van der Waals surface area contributed by atoms with E-state index in [9.17, 15) is 9.90 Å². The molecule has 2 aromatic carbocycles. The fourth-order valence-corrected chi connectivity index (χ4v) is 2.67. The van der Waals surface area contributed by atoms with Crippen LogP contribution in [0, 0.1) is 0 Å². The minimum atomic E-state index is -0.269. The van der Waals surface area contributed by atoms with E-state index in [1.807, 2.05) is 18.2 Å². The molecule has 2 aromatic rings. The van der Waals surface area contributed by atoms with Crippen molar-refractivity contribution in [3.8, 4) is 5.75 Å². The molecule has 0 aromatic heterocycles. The molecule has 0 saturated heterocycles. The van der Waals surface area contributed by atoms with Gasteiger partial charge in [-0.25, -0.2) is 0 Å². The summed E-state index contributed by atoms with van der Waals surface area (Å²) in [5, 5.41) is 10.3. The van der Waals surface area contributed by atoms with E-state index in [1.54, 1.807) is 11.0 Å². The van der Waals surface area contributed by atoms with Gasteiger partial charge < -0.3 is 15.7 Å². The van der Waals surface area contributed by atoms with Gasteiger partial charge in [-0.3, -0.25) is 4.79 Å². The lowest BCUT2D eigenvalue weighted by molar-refractivity contribution is 0.0987. The van der Waals surface area contributed by atoms with E-state index in [-0.39, 0.29) is 17.2 Å². The van der Waals surface area contributed by atoms with Crippen molar-refractivity contribution in [3.05, 3.63) is 52.5 Å². The number of phenols is 1. The Morgan fingerprint density at radius 3 is 2.90 bits per heavy atom. The van der Waals surface area contributed by atoms with Gasteiger partial charge in [-0.2, -0.15) is 0 Å². The van der Waals surface area contributed by atoms with Crippen molar-refractivity contribution in [2.45, 2.75) is 6.42 Å². The highest BCUT2D eigenvalue weighted by atomic mass is 35.5. The maximum atomic E-state index is 12.6. The number of halogens is 1. The topological polar surface area (TPSA) is 66.6 Å². The number of benzene rings is 2. The molecular weight excluding hydrogens is 276 g/mol. The standard InChI is InChI=1S/C15H13ClN2O2/c16-9-4-5-14(19)11(8-9)15(20)18-7-6-10-12(17)2-1-3-13(10)18/h1-5,8,19H,6-7,17H2. The molecule has 0 unspecified atom stereocenters. The van der Waals surface area contributed by atoms with Crippen LogP contribution in [0.1, 0.15) is 15.9 Å². The van der Waals surface area contributed by atoms with Crippen LogP contribution < -0.4 is 10.6 Å². The number of carbonyl (C=O) groups is 1. The van der Waals surface area contributed by atoms with Crippen molar-refractivity contribution < 1.29 is 9.90 Å². The minimum Gasteiger partial charge on any atom is -0.507 e. The van der Waals surface area contributed by atoms with Gasteiger partial charge in [0.25, 0.3) is 5.91 Å². The third kappa shape index (κ3) is 1.98. The Labute approximate surface area is 121 Å². The van der Waals surface area contributed by atoms with Gasteiger partial charge >= 0.3 is 0 Å². The Morgan fingerprint density at radius 2 is 2.10 bits per heavy atom. The Bertz CT molecular complexity index is 700. The molecule has 3 rings (SSSR count). The van der Waals surface area contributed by atoms with E-state index < -0.39 is 0 Å². The molecule has 0 bridgehead atoms. The molecule has 0 spiro atoms. The molecule has 1 aliphatic rings. The van der Waals surface area contributed by atoms with E-state index in [4.69, 9.17) is 17.3 Å². The number of nitrogens with zero attached hydrogens (tertiary/aromatic N) is 1. The first kappa shape index (κ1) is 12.8. The second-order valence-corrected chi connectivity index (χ2v) is 5.15. The molecule has 3 N–H and O–H groups in total. The van der Waals surface area contributed by atoms with Gasteiger partial charge in [-0.05, 0) is 36.8 Å². The molecule has 0 fully saturated rings. The number of amides is 1. The van der Waals surface area contributed by atoms with Crippen molar-refractivity contribution in [2.75, 3.05) is 17.2 Å². The second-order valence-electron chi connectivity index (χ2n) is 4.71. The van der Waals surface area contributed by atoms with Gasteiger partial charge in [0, 0.05) is 28.5 Å². The van der Waals surface area contributed by atoms with Crippen LogP contribution in [0.5, 0.6) is 5.75 Å². The number of carbonyl (C=O) groups excluding carboxylic acids is 1. The van der Waals surface area contributed by atoms with Crippen molar-refractivity contribution >= 4 is 28.9 Å². The summed E-state index contributed by atoms with van der Waals surface area (Å²) in [4.78, 5) is 14.2. The van der Waals surface area contributed by atoms with Crippen LogP contribution >= 0.6 is 11.6 Å². The summed E-state index contributed by atoms with van der Waals surface area (Å²) < 4.78 is 0. The zero-order valence-corrected chi connectivity index (χ0v) is 11.4. The largest absolute Gasteiger partial charge is 0.507 e. The maximum absolute atomic E-state index is 12.6. The first-order valence-corrected chi connectivity index (χ1v) is 6.63. The fraction of sp³-hybridized carbons (Fsp3) is 0.133. The number of nitrogen functional groups attached to an aromatic ring is 1. The fourth-order valence-electron chi connectivity index (χ4n) is 2.50. The summed E-state index contributed by atoms with van der Waals surface area (Å²) in [5.74, 6) is -0.342. The predicted molar refractivity (Wildman–Crippen MR) is 79.4 cm³/mol. The lowest BCUT2D eigenvalue weighted by Gasteiger charge is -2.18. The average Bonchev–Trinajstić information content (AvgIpc) is 2.86. The molecule has 0 atom stereocenters. The Hall–Kier alpha value is -2.20. The van der Waals surface area contributed by atoms with Crippen LogP contribution in [0.3, 0.4) is 0 Å². The van der Waals surface area contributed by atoms with E-state index in [0.29, 0.717) is 17.3 Å². The van der Waals surface area contributed by atoms with Gasteiger partial charge in [-0.1, -0.05) is 17.7 Å². The molecule has 1 aliphatic heterocycles. The van der Waals surface area contributed by atoms with Crippen LogP contribution in [0.25, 0.3) is 0 Å². The quantitative estimate of drug-likeness (QED) is 0.793. The molecule has 20 heavy (non-hydrogen) atoms. The van der Waals surface area contributed by atoms with E-state index in [2.05, 4.69) is 0 Å². The van der Waals surface area contributed by atoms with Crippen LogP contribution in [0.15, 0.2) is 36.4 Å². The third-order valence-electron chi connectivity index (χ3n) is 3.50. The van der Waals surface area contributed by atoms with Crippen LogP contribution in [-0.4, -0.2) is 17.6 Å². The highest BCUT2D eigenvalue weighted by Gasteiger charge is 2.28. The average molecular weight is 289 g/mol. The van der Waals surface area contributed by atoms with Gasteiger partial charge in [0.05, 0.1) is 5.56 Å². The molecule has 5 heteroatoms. The van der Waals surface area contributed by atoms with E-state index in [0.717, 1.165) is 17.7 Å². The highest BCUT2D eigenvalue weighted by Crippen LogP contribution is 2.34. The van der Waals surface area contributed by atoms with Crippen LogP contribution in [-0.2, 0) is 6.42 Å². The zero-order valence-electron chi connectivity index (χ0n) is 10.6. The van der Waals surface area contributed by atoms with Crippen molar-refractivity contribution in [2.24, 2.45) is 0 Å². The minimum absolute atomic E-state index is 0.0725. The first-order chi connectivity index (χ1) is 9.58. The summed E-state index contributed by atoms with van der Waals surface area (Å²) in [6.07, 6.45) is 0.717. The summed E-state index contributed by atoms with van der Waals surface area (Å²) in [7, 11) is 0. The van der Waals surface area contributed by atoms with E-state index in [1.165, 1.54) is 12.1 Å². The van der Waals surface area contributed by atoms with Crippen molar-refractivity contribution in [3.63, 3.8) is 0 Å². The molecule has 1 amide bonds. The maximum Gasteiger partial charge on any atom is 0.262 e. The van der Waals surface area contributed by atoms with Crippen molar-refractivity contribution in [1.82, 2.24) is 0 Å². The number of anilines is 2. The number of rotatable bonds is 1. The Kier molecular flexibility index (Phi) is 3.03. The number of fused-ring (bicyclic) bond motifs is 1. The van der Waals surface area contributed by atoms with Gasteiger partial charge in [-0.15, -0.1) is 0 Å². The predicted octanol–water partition coefficient (Wildman–Crippen LogP) is 2.83. The zero-order chi connectivity index (χ0) is 14.3. The van der Waals surface area contributed by atoms with Gasteiger partial charge in [0.15, 0.2) is 0 Å². The number of aromatic hydroxyl groups is 1. The number of hydrogen-bond acceptors (Lipinski definition) is 3. The summed E-state index contributed by atoms with van der Waals surface area (Å²) in [5.41, 5.74) is 8.58. The Morgan fingerprint density at radius 1 is 1.30 bits per heavy atom. The molecule has 1 heterocycles. The molecule has 0 radical (unpaired) electrons. The second kappa shape index (κ2) is 4.72. The Balaban J connectivity index is 2.02. The lowest BCUT2D eigenvalue weighted by atomic mass is 10.1. The third-order valence-corrected chi connectivity index (χ3v) is 3.73. The molecule has 4 nitrogen and oxygen atoms in total. The van der Waals surface area contributed by atoms with E-state index >= 15 is 0 Å². The molecular formula is C15H13ClN2O2. The van der Waals surface area contributed by atoms with Gasteiger partial charge in [0.2, 0.25) is 0 Å². The molecule has 102 valence electrons. The smallest absolute Gasteiger partial charge is 0.262 e. The SMILES string of the molecule is Nc1cccc2c1CCN2C(=O)c1cc(Cl)ccc1O. The monoisotopic (exact) mass is 288 g/mol. The lowest BCUT2D eigenvalue weighted by Crippen LogP contribution is -2.28. The van der Waals surface area contributed by atoms with Crippen LogP contribution in [0.2, 0.25) is 5.02 Å². The normalized spacial score (nSPS) is 13.3. The summed E-state index contributed by atoms with van der Waals surface area (Å²) >= 11 is 5.89. The molecule has 0 aliphatic carbocycles. The summed E-state index contributed by atoms with van der Waals surface area (Å²) in [6, 6.07) is 9.94. The number of hydrogen-bond donors (Lipinski definition) is 2. The highest BCUT2D eigenvalue weighted by molar-refractivity contribution is 6.31. The molecule has 0 saturated carbocycles. The summed E-state index contributed by atoms with van der Waals surface area (Å²) in [6.45, 7) is 0.550. The van der Waals surface area contributed by atoms with Crippen molar-refractivity contribution in [1.29, 1.82) is 0 Å². The van der Waals surface area contributed by atoms with Crippen LogP contribution in [0.4, 0.5) is 11.4 Å². The number of phenolic OH excluding ortho intramolecular Hbond substituents is 1. The number of nitrogens with two attached hydrogens (primary N) is 1. The first-order valence-electron chi connectivity index (χ1n) is 6.25. The van der Waals surface area contributed by atoms with Gasteiger partial charge in [0.1, 0.15) is 5.75 Å².